The lowest BCUT2D eigenvalue weighted by atomic mass is 10.1. The van der Waals surface area contributed by atoms with E-state index in [0.717, 1.165) is 23.4 Å². The topological polar surface area (TPSA) is 80.8 Å². The average Bonchev–Trinajstić information content (AvgIpc) is 3.00. The number of benzene rings is 1. The van der Waals surface area contributed by atoms with Crippen molar-refractivity contribution in [1.29, 1.82) is 0 Å². The summed E-state index contributed by atoms with van der Waals surface area (Å²) in [6.07, 6.45) is 1.71. The second-order valence-corrected chi connectivity index (χ2v) is 7.56. The zero-order valence-corrected chi connectivity index (χ0v) is 17.8. The normalized spacial score (nSPS) is 10.5. The third-order valence-electron chi connectivity index (χ3n) is 4.32. The zero-order chi connectivity index (χ0) is 20.7. The number of hydrogen-bond donors (Lipinski definition) is 1. The third kappa shape index (κ3) is 5.45. The van der Waals surface area contributed by atoms with E-state index in [1.165, 1.54) is 23.3 Å². The summed E-state index contributed by atoms with van der Waals surface area (Å²) >= 11 is 1.42. The van der Waals surface area contributed by atoms with Crippen molar-refractivity contribution in [2.45, 2.75) is 33.6 Å². The molecule has 0 unspecified atom stereocenters. The van der Waals surface area contributed by atoms with Crippen molar-refractivity contribution in [2.24, 2.45) is 0 Å². The predicted molar refractivity (Wildman–Crippen MR) is 111 cm³/mol. The number of nitrogens with one attached hydrogen (secondary N) is 1. The molecule has 1 aromatic heterocycles. The molecule has 0 spiro atoms. The van der Waals surface area contributed by atoms with Crippen LogP contribution in [0.2, 0.25) is 0 Å². The maximum absolute atomic E-state index is 13.1. The van der Waals surface area contributed by atoms with Crippen LogP contribution in [0.25, 0.3) is 0 Å². The van der Waals surface area contributed by atoms with Crippen molar-refractivity contribution in [1.82, 2.24) is 9.88 Å². The Hall–Kier alpha value is -2.61. The highest BCUT2D eigenvalue weighted by Crippen LogP contribution is 2.26. The summed E-state index contributed by atoms with van der Waals surface area (Å²) in [4.78, 5) is 32.5. The molecule has 1 aromatic carbocycles. The molecule has 0 aliphatic rings. The van der Waals surface area contributed by atoms with Crippen LogP contribution >= 0.6 is 11.3 Å². The molecule has 0 aliphatic carbocycles. The molecule has 0 fully saturated rings. The molecule has 0 saturated carbocycles. The van der Waals surface area contributed by atoms with Gasteiger partial charge in [0.2, 0.25) is 5.91 Å². The number of unbranched alkanes of at least 4 members (excludes halogenated alkanes) is 1. The smallest absolute Gasteiger partial charge is 0.258 e. The Labute approximate surface area is 169 Å². The molecule has 2 rings (SSSR count). The van der Waals surface area contributed by atoms with E-state index >= 15 is 0 Å². The highest BCUT2D eigenvalue weighted by Gasteiger charge is 2.22. The van der Waals surface area contributed by atoms with E-state index in [9.17, 15) is 9.59 Å². The molecule has 0 saturated heterocycles. The maximum Gasteiger partial charge on any atom is 0.258 e. The van der Waals surface area contributed by atoms with Crippen LogP contribution in [0.5, 0.6) is 11.5 Å². The van der Waals surface area contributed by atoms with Crippen molar-refractivity contribution in [3.05, 3.63) is 34.3 Å². The molecule has 0 bridgehead atoms. The van der Waals surface area contributed by atoms with Crippen LogP contribution in [-0.2, 0) is 4.79 Å². The van der Waals surface area contributed by atoms with Gasteiger partial charge in [0, 0.05) is 17.5 Å². The number of aryl methyl sites for hydroxylation is 2. The number of hydrogen-bond acceptors (Lipinski definition) is 6. The molecule has 152 valence electrons. The first-order valence-electron chi connectivity index (χ1n) is 9.14. The predicted octanol–water partition coefficient (Wildman–Crippen LogP) is 3.66. The first-order valence-corrected chi connectivity index (χ1v) is 9.96. The number of rotatable bonds is 9. The van der Waals surface area contributed by atoms with Crippen LogP contribution in [0.1, 0.15) is 40.7 Å². The van der Waals surface area contributed by atoms with E-state index in [0.29, 0.717) is 28.7 Å². The zero-order valence-electron chi connectivity index (χ0n) is 17.0. The molecule has 1 heterocycles. The minimum atomic E-state index is -0.273. The van der Waals surface area contributed by atoms with Gasteiger partial charge in [0.05, 0.1) is 25.5 Å². The van der Waals surface area contributed by atoms with Crippen LogP contribution in [0.4, 0.5) is 5.13 Å². The molecule has 1 N–H and O–H groups in total. The van der Waals surface area contributed by atoms with Gasteiger partial charge in [0.1, 0.15) is 18.0 Å². The van der Waals surface area contributed by atoms with E-state index in [4.69, 9.17) is 9.47 Å². The highest BCUT2D eigenvalue weighted by atomic mass is 32.1. The molecule has 8 heteroatoms. The Morgan fingerprint density at radius 2 is 1.96 bits per heavy atom. The highest BCUT2D eigenvalue weighted by molar-refractivity contribution is 7.15. The summed E-state index contributed by atoms with van der Waals surface area (Å²) in [5.41, 5.74) is 1.29. The van der Waals surface area contributed by atoms with Crippen LogP contribution in [0, 0.1) is 13.8 Å². The minimum absolute atomic E-state index is 0.0499. The number of nitrogens with zero attached hydrogens (tertiary/aromatic N) is 2. The summed E-state index contributed by atoms with van der Waals surface area (Å²) in [7, 11) is 3.05. The van der Waals surface area contributed by atoms with Gasteiger partial charge in [-0.3, -0.25) is 9.59 Å². The lowest BCUT2D eigenvalue weighted by molar-refractivity contribution is -0.116. The third-order valence-corrected chi connectivity index (χ3v) is 5.31. The first-order chi connectivity index (χ1) is 13.4. The van der Waals surface area contributed by atoms with E-state index in [-0.39, 0.29) is 18.4 Å². The van der Waals surface area contributed by atoms with Gasteiger partial charge in [-0.25, -0.2) is 4.98 Å². The van der Waals surface area contributed by atoms with Gasteiger partial charge in [0.15, 0.2) is 5.13 Å². The summed E-state index contributed by atoms with van der Waals surface area (Å²) < 4.78 is 10.5. The van der Waals surface area contributed by atoms with E-state index in [2.05, 4.69) is 10.3 Å². The Bertz CT molecular complexity index is 815. The lowest BCUT2D eigenvalue weighted by Crippen LogP contribution is -2.38. The fourth-order valence-electron chi connectivity index (χ4n) is 2.61. The van der Waals surface area contributed by atoms with E-state index < -0.39 is 0 Å². The molecule has 2 aromatic rings. The molecular weight excluding hydrogens is 378 g/mol. The second-order valence-electron chi connectivity index (χ2n) is 6.36. The number of methoxy groups -OCH3 is 2. The molecule has 0 aliphatic heterocycles. The summed E-state index contributed by atoms with van der Waals surface area (Å²) in [6, 6.07) is 5.02. The number of ether oxygens (including phenoxy) is 2. The summed E-state index contributed by atoms with van der Waals surface area (Å²) in [5.74, 6) is 0.485. The monoisotopic (exact) mass is 405 g/mol. The summed E-state index contributed by atoms with van der Waals surface area (Å²) in [6.45, 7) is 6.32. The number of carbonyl (C=O) groups excluding carboxylic acids is 2. The Morgan fingerprint density at radius 1 is 1.21 bits per heavy atom. The van der Waals surface area contributed by atoms with E-state index in [1.54, 1.807) is 25.3 Å². The maximum atomic E-state index is 13.1. The van der Waals surface area contributed by atoms with Crippen molar-refractivity contribution in [3.8, 4) is 11.5 Å². The lowest BCUT2D eigenvalue weighted by Gasteiger charge is -2.23. The van der Waals surface area contributed by atoms with Crippen molar-refractivity contribution in [2.75, 3.05) is 32.6 Å². The Morgan fingerprint density at radius 3 is 2.54 bits per heavy atom. The molecule has 28 heavy (non-hydrogen) atoms. The van der Waals surface area contributed by atoms with E-state index in [1.807, 2.05) is 20.8 Å². The van der Waals surface area contributed by atoms with Crippen LogP contribution in [0.3, 0.4) is 0 Å². The number of amides is 2. The molecule has 7 nitrogen and oxygen atoms in total. The van der Waals surface area contributed by atoms with Gasteiger partial charge < -0.3 is 19.7 Å². The van der Waals surface area contributed by atoms with Crippen LogP contribution < -0.4 is 14.8 Å². The summed E-state index contributed by atoms with van der Waals surface area (Å²) in [5, 5.41) is 3.33. The minimum Gasteiger partial charge on any atom is -0.497 e. The van der Waals surface area contributed by atoms with Gasteiger partial charge in [-0.05, 0) is 32.4 Å². The number of anilines is 1. The average molecular weight is 406 g/mol. The van der Waals surface area contributed by atoms with Gasteiger partial charge in [-0.15, -0.1) is 11.3 Å². The Balaban J connectivity index is 2.17. The fraction of sp³-hybridized carbons (Fsp3) is 0.450. The van der Waals surface area contributed by atoms with Gasteiger partial charge in [-0.1, -0.05) is 13.3 Å². The molecule has 0 atom stereocenters. The van der Waals surface area contributed by atoms with Gasteiger partial charge >= 0.3 is 0 Å². The van der Waals surface area contributed by atoms with Crippen LogP contribution in [-0.4, -0.2) is 49.0 Å². The van der Waals surface area contributed by atoms with Crippen molar-refractivity contribution < 1.29 is 19.1 Å². The number of aromatic nitrogens is 1. The van der Waals surface area contributed by atoms with Crippen molar-refractivity contribution >= 4 is 28.3 Å². The van der Waals surface area contributed by atoms with Crippen molar-refractivity contribution in [3.63, 3.8) is 0 Å². The quantitative estimate of drug-likeness (QED) is 0.689. The number of thiazole rings is 1. The van der Waals surface area contributed by atoms with Gasteiger partial charge in [-0.2, -0.15) is 0 Å². The molecule has 0 radical (unpaired) electrons. The first kappa shape index (κ1) is 21.7. The van der Waals surface area contributed by atoms with Gasteiger partial charge in [0.25, 0.3) is 5.91 Å². The molecule has 2 amide bonds. The standard InChI is InChI=1S/C20H27N3O4S/c1-6-7-10-23(12-18(24)22-20-21-13(2)14(3)28-20)19(25)16-9-8-15(26-4)11-17(16)27-5/h8-9,11H,6-7,10,12H2,1-5H3,(H,21,22,24). The second kappa shape index (κ2) is 10.1. The SMILES string of the molecule is CCCCN(CC(=O)Nc1nc(C)c(C)s1)C(=O)c1ccc(OC)cc1OC. The largest absolute Gasteiger partial charge is 0.497 e. The molecular formula is C20H27N3O4S. The number of carbonyl (C=O) groups is 2. The fourth-order valence-corrected chi connectivity index (χ4v) is 3.44. The Kier molecular flexibility index (Phi) is 7.80. The van der Waals surface area contributed by atoms with Crippen LogP contribution in [0.15, 0.2) is 18.2 Å².